The van der Waals surface area contributed by atoms with Crippen LogP contribution in [0.3, 0.4) is 0 Å². The summed E-state index contributed by atoms with van der Waals surface area (Å²) in [6.45, 7) is 4.35. The van der Waals surface area contributed by atoms with E-state index in [0.29, 0.717) is 25.7 Å². The number of phosphoric ester groups is 2. The Kier molecular flexibility index (Phi) is 76.9. The normalized spacial score (nSPS) is 14.7. The zero-order chi connectivity index (χ0) is 80.3. The fraction of sp³-hybridized carbons (Fsp3) is 0.626. The number of allylic oxidation sites excluding steroid dienone is 30. The lowest BCUT2D eigenvalue weighted by Crippen LogP contribution is -2.30. The Morgan fingerprint density at radius 1 is 0.255 bits per heavy atom. The van der Waals surface area contributed by atoms with E-state index < -0.39 is 97.5 Å². The first-order valence-electron chi connectivity index (χ1n) is 42.0. The van der Waals surface area contributed by atoms with E-state index in [0.717, 1.165) is 231 Å². The van der Waals surface area contributed by atoms with Gasteiger partial charge in [0.25, 0.3) is 0 Å². The number of ether oxygens (including phenoxy) is 4. The number of hydrogen-bond acceptors (Lipinski definition) is 15. The van der Waals surface area contributed by atoms with Crippen molar-refractivity contribution in [2.75, 3.05) is 39.6 Å². The first-order valence-corrected chi connectivity index (χ1v) is 45.0. The van der Waals surface area contributed by atoms with Gasteiger partial charge < -0.3 is 33.8 Å². The summed E-state index contributed by atoms with van der Waals surface area (Å²) in [4.78, 5) is 73.3. The van der Waals surface area contributed by atoms with Gasteiger partial charge >= 0.3 is 39.5 Å². The molecule has 0 saturated heterocycles. The van der Waals surface area contributed by atoms with Crippen molar-refractivity contribution in [1.82, 2.24) is 0 Å². The topological polar surface area (TPSA) is 237 Å². The Morgan fingerprint density at radius 3 is 0.691 bits per heavy atom. The van der Waals surface area contributed by atoms with Crippen molar-refractivity contribution in [3.63, 3.8) is 0 Å². The summed E-state index contributed by atoms with van der Waals surface area (Å²) in [5.74, 6) is -2.27. The molecule has 0 aromatic heterocycles. The van der Waals surface area contributed by atoms with E-state index in [1.165, 1.54) is 0 Å². The molecule has 17 nitrogen and oxygen atoms in total. The maximum absolute atomic E-state index is 13.1. The summed E-state index contributed by atoms with van der Waals surface area (Å²) in [5.41, 5.74) is 0. The minimum Gasteiger partial charge on any atom is -0.462 e. The molecule has 0 fully saturated rings. The van der Waals surface area contributed by atoms with Gasteiger partial charge in [0.1, 0.15) is 19.3 Å². The molecule has 0 aliphatic carbocycles. The number of aliphatic hydroxyl groups is 1. The van der Waals surface area contributed by atoms with Gasteiger partial charge in [-0.05, 0) is 173 Å². The number of rotatable bonds is 77. The molecule has 0 aromatic carbocycles. The predicted octanol–water partition coefficient (Wildman–Crippen LogP) is 25.1. The molecule has 0 saturated carbocycles. The van der Waals surface area contributed by atoms with Gasteiger partial charge in [-0.2, -0.15) is 0 Å². The maximum Gasteiger partial charge on any atom is 0.472 e. The molecule has 5 unspecified atom stereocenters. The van der Waals surface area contributed by atoms with Crippen LogP contribution in [-0.2, 0) is 65.4 Å². The van der Waals surface area contributed by atoms with Gasteiger partial charge in [0.2, 0.25) is 0 Å². The molecule has 624 valence electrons. The molecule has 0 radical (unpaired) electrons. The lowest BCUT2D eigenvalue weighted by Gasteiger charge is -2.21. The number of aliphatic hydroxyl groups excluding tert-OH is 1. The van der Waals surface area contributed by atoms with E-state index >= 15 is 0 Å². The Labute approximate surface area is 666 Å². The SMILES string of the molecule is CC/C=C\C/C=C\C/C=C\C/C=C\C/C=C\CCCCCC(=O)OCC(COP(=O)(O)OCC(O)COP(=O)(O)OCC(COC(=O)CCCCCCCCC/C=C\C/C=C\C/C=C\CC)OC(=O)CCCCCCCCC/C=C\C/C=C\C/C=C\CC)OC(=O)CCCCCC/C=C\C/C=C\C/C=C\C/C=C\CC. The second-order valence-electron chi connectivity index (χ2n) is 27.2. The van der Waals surface area contributed by atoms with E-state index in [2.05, 4.69) is 210 Å². The van der Waals surface area contributed by atoms with Gasteiger partial charge in [0.15, 0.2) is 12.2 Å². The number of carbonyl (C=O) groups excluding carboxylic acids is 4. The van der Waals surface area contributed by atoms with Crippen molar-refractivity contribution in [3.05, 3.63) is 182 Å². The highest BCUT2D eigenvalue weighted by molar-refractivity contribution is 7.47. The number of carbonyl (C=O) groups is 4. The molecule has 0 rings (SSSR count). The summed E-state index contributed by atoms with van der Waals surface area (Å²) in [7, 11) is -10.0. The third kappa shape index (κ3) is 80.2. The average Bonchev–Trinajstić information content (AvgIpc) is 0.906. The summed E-state index contributed by atoms with van der Waals surface area (Å²) in [5, 5.41) is 10.7. The summed E-state index contributed by atoms with van der Waals surface area (Å²) >= 11 is 0. The third-order valence-electron chi connectivity index (χ3n) is 16.9. The van der Waals surface area contributed by atoms with Gasteiger partial charge in [0, 0.05) is 25.7 Å². The molecule has 0 spiro atoms. The molecule has 0 aromatic rings. The first-order chi connectivity index (χ1) is 53.7. The summed E-state index contributed by atoms with van der Waals surface area (Å²) < 4.78 is 68.8. The number of esters is 4. The number of hydrogen-bond donors (Lipinski definition) is 3. The molecule has 0 aliphatic heterocycles. The van der Waals surface area contributed by atoms with Crippen molar-refractivity contribution in [2.24, 2.45) is 0 Å². The van der Waals surface area contributed by atoms with E-state index in [1.54, 1.807) is 0 Å². The largest absolute Gasteiger partial charge is 0.472 e. The molecule has 0 heterocycles. The zero-order valence-electron chi connectivity index (χ0n) is 68.4. The highest BCUT2D eigenvalue weighted by Crippen LogP contribution is 2.45. The van der Waals surface area contributed by atoms with Crippen LogP contribution in [-0.4, -0.2) is 96.7 Å². The van der Waals surface area contributed by atoms with E-state index in [1.807, 2.05) is 0 Å². The van der Waals surface area contributed by atoms with Gasteiger partial charge in [-0.1, -0.05) is 293 Å². The minimum atomic E-state index is -5.01. The fourth-order valence-corrected chi connectivity index (χ4v) is 12.2. The van der Waals surface area contributed by atoms with Crippen LogP contribution in [0.2, 0.25) is 0 Å². The van der Waals surface area contributed by atoms with Gasteiger partial charge in [-0.3, -0.25) is 37.3 Å². The summed E-state index contributed by atoms with van der Waals surface area (Å²) in [6, 6.07) is 0. The maximum atomic E-state index is 13.1. The van der Waals surface area contributed by atoms with Crippen LogP contribution < -0.4 is 0 Å². The Balaban J connectivity index is 5.47. The van der Waals surface area contributed by atoms with Gasteiger partial charge in [-0.25, -0.2) is 9.13 Å². The second kappa shape index (κ2) is 81.2. The molecule has 5 atom stereocenters. The molecule has 0 aliphatic rings. The molecular weight excluding hydrogens is 1430 g/mol. The van der Waals surface area contributed by atoms with Crippen molar-refractivity contribution >= 4 is 39.5 Å². The van der Waals surface area contributed by atoms with Crippen LogP contribution in [0.1, 0.15) is 310 Å². The van der Waals surface area contributed by atoms with Crippen LogP contribution in [0.4, 0.5) is 0 Å². The van der Waals surface area contributed by atoms with E-state index in [4.69, 9.17) is 37.0 Å². The Bertz CT molecular complexity index is 2800. The highest BCUT2D eigenvalue weighted by atomic mass is 31.2. The molecule has 3 N–H and O–H groups in total. The predicted molar refractivity (Wildman–Crippen MR) is 454 cm³/mol. The minimum absolute atomic E-state index is 0.0523. The standard InChI is InChI=1S/C91H148O17P2/c1-5-9-13-17-21-25-29-33-37-41-42-46-48-52-56-60-64-68-72-76-89(94)102-82-87(108-91(96)78-74-70-66-62-58-54-50-45-40-36-32-28-24-20-16-12-8-4)84-106-110(99,100)104-80-85(92)79-103-109(97,98)105-83-86(107-90(95)77-73-69-65-61-57-53-49-44-39-35-31-27-23-19-15-11-7-3)81-101-88(93)75-71-67-63-59-55-51-47-43-38-34-30-26-22-18-14-10-6-2/h9-16,21-28,33-40,42,46,50,52,54,56,85-87,92H,5-8,17-20,29-32,41,43-45,47-49,51,53,55,57-84H2,1-4H3,(H,97,98)(H,99,100)/b13-9-,14-10-,15-11-,16-12-,25-21-,26-22-,27-23-,28-24-,37-33-,38-34-,39-35-,40-36-,46-42-,54-50-,56-52-. The van der Waals surface area contributed by atoms with Crippen LogP contribution in [0.15, 0.2) is 182 Å². The van der Waals surface area contributed by atoms with Crippen molar-refractivity contribution in [2.45, 2.75) is 329 Å². The highest BCUT2D eigenvalue weighted by Gasteiger charge is 2.30. The average molecular weight is 1580 g/mol. The van der Waals surface area contributed by atoms with Gasteiger partial charge in [-0.15, -0.1) is 0 Å². The van der Waals surface area contributed by atoms with Crippen LogP contribution in [0.5, 0.6) is 0 Å². The lowest BCUT2D eigenvalue weighted by atomic mass is 10.1. The van der Waals surface area contributed by atoms with Crippen LogP contribution in [0.25, 0.3) is 0 Å². The van der Waals surface area contributed by atoms with Gasteiger partial charge in [0.05, 0.1) is 26.4 Å². The molecule has 0 bridgehead atoms. The van der Waals surface area contributed by atoms with Crippen LogP contribution in [0, 0.1) is 0 Å². The third-order valence-corrected chi connectivity index (χ3v) is 18.8. The molecule has 110 heavy (non-hydrogen) atoms. The Morgan fingerprint density at radius 2 is 0.445 bits per heavy atom. The monoisotopic (exact) mass is 1580 g/mol. The Hall–Kier alpha value is -5.84. The van der Waals surface area contributed by atoms with Crippen LogP contribution >= 0.6 is 15.6 Å². The lowest BCUT2D eigenvalue weighted by molar-refractivity contribution is -0.161. The number of unbranched alkanes of at least 4 members (excludes halogenated alkanes) is 21. The van der Waals surface area contributed by atoms with E-state index in [-0.39, 0.29) is 25.7 Å². The molecule has 19 heteroatoms. The molecular formula is C91H148O17P2. The van der Waals surface area contributed by atoms with Crippen molar-refractivity contribution in [3.8, 4) is 0 Å². The van der Waals surface area contributed by atoms with Crippen molar-refractivity contribution in [1.29, 1.82) is 0 Å². The first kappa shape index (κ1) is 104. The van der Waals surface area contributed by atoms with Crippen molar-refractivity contribution < 1.29 is 80.2 Å². The second-order valence-corrected chi connectivity index (χ2v) is 30.1. The smallest absolute Gasteiger partial charge is 0.462 e. The fourth-order valence-electron chi connectivity index (χ4n) is 10.6. The number of phosphoric acid groups is 2. The van der Waals surface area contributed by atoms with E-state index in [9.17, 15) is 43.2 Å². The summed E-state index contributed by atoms with van der Waals surface area (Å²) in [6.07, 6.45) is 98.5. The molecule has 0 amide bonds. The quantitative estimate of drug-likeness (QED) is 0.0169. The zero-order valence-corrected chi connectivity index (χ0v) is 70.1.